The minimum atomic E-state index is 0. The molecule has 0 fully saturated rings. The van der Waals surface area contributed by atoms with Crippen molar-refractivity contribution in [1.82, 2.24) is 20.4 Å². The van der Waals surface area contributed by atoms with Crippen molar-refractivity contribution in [3.05, 3.63) is 17.0 Å². The van der Waals surface area contributed by atoms with Gasteiger partial charge in [0.2, 0.25) is 0 Å². The first-order chi connectivity index (χ1) is 8.60. The van der Waals surface area contributed by atoms with Crippen molar-refractivity contribution in [3.8, 4) is 12.3 Å². The van der Waals surface area contributed by atoms with E-state index in [0.717, 1.165) is 29.5 Å². The first kappa shape index (κ1) is 17.8. The highest BCUT2D eigenvalue weighted by atomic mass is 127. The second-order valence-electron chi connectivity index (χ2n) is 4.03. The van der Waals surface area contributed by atoms with Crippen LogP contribution in [0.5, 0.6) is 0 Å². The summed E-state index contributed by atoms with van der Waals surface area (Å²) in [6, 6.07) is 0. The number of aryl methyl sites for hydroxylation is 2. The maximum absolute atomic E-state index is 5.22. The standard InChI is InChI=1S/C13H21N5.HI/c1-6-8-15-13(14-7-2)16-9-12-10(3)17-18(5)11(12)4;/h1H,7-9H2,2-5H3,(H2,14,15,16);1H. The Bertz CT molecular complexity index is 470. The number of halogens is 1. The third kappa shape index (κ3) is 5.11. The molecule has 0 aliphatic carbocycles. The average Bonchev–Trinajstić information content (AvgIpc) is 2.58. The molecule has 0 bridgehead atoms. The lowest BCUT2D eigenvalue weighted by Gasteiger charge is -2.08. The van der Waals surface area contributed by atoms with Crippen LogP contribution in [0.2, 0.25) is 0 Å². The van der Waals surface area contributed by atoms with Gasteiger partial charge in [0.25, 0.3) is 0 Å². The fourth-order valence-electron chi connectivity index (χ4n) is 1.68. The number of hydrogen-bond donors (Lipinski definition) is 2. The van der Waals surface area contributed by atoms with Crippen molar-refractivity contribution in [2.45, 2.75) is 27.3 Å². The SMILES string of the molecule is C#CCNC(=NCc1c(C)nn(C)c1C)NCC.I. The molecule has 0 aromatic carbocycles. The minimum Gasteiger partial charge on any atom is -0.357 e. The van der Waals surface area contributed by atoms with E-state index in [2.05, 4.69) is 26.6 Å². The molecule has 1 aromatic rings. The normalized spacial score (nSPS) is 10.6. The fourth-order valence-corrected chi connectivity index (χ4v) is 1.68. The number of nitrogens with one attached hydrogen (secondary N) is 2. The Balaban J connectivity index is 0.00000324. The van der Waals surface area contributed by atoms with Crippen LogP contribution < -0.4 is 10.6 Å². The lowest BCUT2D eigenvalue weighted by atomic mass is 10.2. The van der Waals surface area contributed by atoms with E-state index in [1.807, 2.05) is 32.5 Å². The van der Waals surface area contributed by atoms with Crippen LogP contribution >= 0.6 is 24.0 Å². The molecule has 2 N–H and O–H groups in total. The van der Waals surface area contributed by atoms with Gasteiger partial charge in [-0.15, -0.1) is 30.4 Å². The molecule has 0 aliphatic heterocycles. The van der Waals surface area contributed by atoms with Gasteiger partial charge in [0.05, 0.1) is 18.8 Å². The molecule has 0 saturated heterocycles. The van der Waals surface area contributed by atoms with E-state index in [1.165, 1.54) is 0 Å². The van der Waals surface area contributed by atoms with Gasteiger partial charge in [-0.05, 0) is 20.8 Å². The highest BCUT2D eigenvalue weighted by Crippen LogP contribution is 2.12. The summed E-state index contributed by atoms with van der Waals surface area (Å²) in [7, 11) is 1.94. The van der Waals surface area contributed by atoms with Crippen LogP contribution in [0.1, 0.15) is 23.9 Å². The van der Waals surface area contributed by atoms with Crippen LogP contribution in [-0.4, -0.2) is 28.8 Å². The van der Waals surface area contributed by atoms with Gasteiger partial charge in [-0.2, -0.15) is 5.10 Å². The van der Waals surface area contributed by atoms with Crippen LogP contribution in [0.4, 0.5) is 0 Å². The number of guanidine groups is 1. The molecule has 1 rings (SSSR count). The van der Waals surface area contributed by atoms with Crippen molar-refractivity contribution >= 4 is 29.9 Å². The third-order valence-electron chi connectivity index (χ3n) is 2.76. The van der Waals surface area contributed by atoms with Gasteiger partial charge in [-0.25, -0.2) is 4.99 Å². The Morgan fingerprint density at radius 2 is 2.11 bits per heavy atom. The lowest BCUT2D eigenvalue weighted by Crippen LogP contribution is -2.37. The van der Waals surface area contributed by atoms with E-state index in [0.29, 0.717) is 13.1 Å². The van der Waals surface area contributed by atoms with E-state index in [1.54, 1.807) is 0 Å². The number of aromatic nitrogens is 2. The molecule has 5 nitrogen and oxygen atoms in total. The molecule has 0 saturated carbocycles. The summed E-state index contributed by atoms with van der Waals surface area (Å²) in [5.74, 6) is 3.27. The molecular formula is C13H22IN5. The van der Waals surface area contributed by atoms with Crippen molar-refractivity contribution < 1.29 is 0 Å². The van der Waals surface area contributed by atoms with E-state index < -0.39 is 0 Å². The maximum atomic E-state index is 5.22. The topological polar surface area (TPSA) is 54.2 Å². The zero-order valence-corrected chi connectivity index (χ0v) is 14.3. The van der Waals surface area contributed by atoms with E-state index in [9.17, 15) is 0 Å². The van der Waals surface area contributed by atoms with E-state index in [4.69, 9.17) is 6.42 Å². The molecule has 0 amide bonds. The Hall–Kier alpha value is -1.23. The minimum absolute atomic E-state index is 0. The Kier molecular flexibility index (Phi) is 8.23. The van der Waals surface area contributed by atoms with Crippen LogP contribution in [-0.2, 0) is 13.6 Å². The van der Waals surface area contributed by atoms with Crippen LogP contribution in [0, 0.1) is 26.2 Å². The number of nitrogens with zero attached hydrogens (tertiary/aromatic N) is 3. The van der Waals surface area contributed by atoms with Gasteiger partial charge in [-0.3, -0.25) is 4.68 Å². The van der Waals surface area contributed by atoms with Crippen molar-refractivity contribution in [3.63, 3.8) is 0 Å². The summed E-state index contributed by atoms with van der Waals surface area (Å²) in [5, 5.41) is 10.6. The molecule has 0 radical (unpaired) electrons. The van der Waals surface area contributed by atoms with Crippen molar-refractivity contribution in [1.29, 1.82) is 0 Å². The number of terminal acetylenes is 1. The van der Waals surface area contributed by atoms with Crippen LogP contribution in [0.15, 0.2) is 4.99 Å². The zero-order chi connectivity index (χ0) is 13.5. The zero-order valence-electron chi connectivity index (χ0n) is 11.9. The Morgan fingerprint density at radius 3 is 2.58 bits per heavy atom. The lowest BCUT2D eigenvalue weighted by molar-refractivity contribution is 0.730. The second-order valence-corrected chi connectivity index (χ2v) is 4.03. The summed E-state index contributed by atoms with van der Waals surface area (Å²) >= 11 is 0. The number of aliphatic imine (C=N–C) groups is 1. The van der Waals surface area contributed by atoms with Gasteiger partial charge in [0.1, 0.15) is 0 Å². The van der Waals surface area contributed by atoms with Crippen LogP contribution in [0.3, 0.4) is 0 Å². The summed E-state index contributed by atoms with van der Waals surface area (Å²) in [6.07, 6.45) is 5.22. The molecule has 1 heterocycles. The Morgan fingerprint density at radius 1 is 1.42 bits per heavy atom. The van der Waals surface area contributed by atoms with Crippen molar-refractivity contribution in [2.24, 2.45) is 12.0 Å². The quantitative estimate of drug-likeness (QED) is 0.362. The summed E-state index contributed by atoms with van der Waals surface area (Å²) in [5.41, 5.74) is 3.33. The molecular weight excluding hydrogens is 353 g/mol. The largest absolute Gasteiger partial charge is 0.357 e. The predicted molar refractivity (Wildman–Crippen MR) is 89.7 cm³/mol. The molecule has 0 spiro atoms. The highest BCUT2D eigenvalue weighted by Gasteiger charge is 2.08. The number of hydrogen-bond acceptors (Lipinski definition) is 2. The van der Waals surface area contributed by atoms with Crippen LogP contribution in [0.25, 0.3) is 0 Å². The first-order valence-corrected chi connectivity index (χ1v) is 6.04. The van der Waals surface area contributed by atoms with Gasteiger partial charge in [-0.1, -0.05) is 5.92 Å². The molecule has 19 heavy (non-hydrogen) atoms. The average molecular weight is 375 g/mol. The molecule has 0 atom stereocenters. The first-order valence-electron chi connectivity index (χ1n) is 6.04. The third-order valence-corrected chi connectivity index (χ3v) is 2.76. The van der Waals surface area contributed by atoms with Gasteiger partial charge < -0.3 is 10.6 Å². The van der Waals surface area contributed by atoms with Gasteiger partial charge >= 0.3 is 0 Å². The summed E-state index contributed by atoms with van der Waals surface area (Å²) < 4.78 is 1.88. The molecule has 106 valence electrons. The molecule has 1 aromatic heterocycles. The maximum Gasteiger partial charge on any atom is 0.192 e. The van der Waals surface area contributed by atoms with E-state index >= 15 is 0 Å². The van der Waals surface area contributed by atoms with Crippen molar-refractivity contribution in [2.75, 3.05) is 13.1 Å². The summed E-state index contributed by atoms with van der Waals surface area (Å²) in [4.78, 5) is 4.50. The predicted octanol–water partition coefficient (Wildman–Crippen LogP) is 1.34. The number of rotatable bonds is 4. The monoisotopic (exact) mass is 375 g/mol. The second kappa shape index (κ2) is 8.80. The smallest absolute Gasteiger partial charge is 0.192 e. The molecule has 0 aliphatic rings. The highest BCUT2D eigenvalue weighted by molar-refractivity contribution is 14.0. The van der Waals surface area contributed by atoms with E-state index in [-0.39, 0.29) is 24.0 Å². The molecule has 0 unspecified atom stereocenters. The summed E-state index contributed by atoms with van der Waals surface area (Å²) in [6.45, 7) is 7.95. The fraction of sp³-hybridized carbons (Fsp3) is 0.538. The molecule has 6 heteroatoms. The Labute approximate surface area is 132 Å². The van der Waals surface area contributed by atoms with Gasteiger partial charge in [0.15, 0.2) is 5.96 Å². The van der Waals surface area contributed by atoms with Gasteiger partial charge in [0, 0.05) is 24.8 Å².